The van der Waals surface area contributed by atoms with Crippen molar-refractivity contribution in [3.8, 4) is 11.1 Å². The summed E-state index contributed by atoms with van der Waals surface area (Å²) < 4.78 is 52.9. The van der Waals surface area contributed by atoms with E-state index in [-0.39, 0.29) is 10.9 Å². The lowest BCUT2D eigenvalue weighted by Crippen LogP contribution is -2.05. The predicted octanol–water partition coefficient (Wildman–Crippen LogP) is 4.26. The van der Waals surface area contributed by atoms with E-state index in [0.717, 1.165) is 18.3 Å². The molecule has 0 bridgehead atoms. The third kappa shape index (κ3) is 2.14. The van der Waals surface area contributed by atoms with Gasteiger partial charge in [0.1, 0.15) is 11.5 Å². The number of aromatic nitrogens is 4. The number of alkyl halides is 3. The van der Waals surface area contributed by atoms with E-state index in [9.17, 15) is 17.6 Å². The van der Waals surface area contributed by atoms with Gasteiger partial charge >= 0.3 is 6.18 Å². The van der Waals surface area contributed by atoms with Crippen molar-refractivity contribution < 1.29 is 17.6 Å². The van der Waals surface area contributed by atoms with Crippen molar-refractivity contribution in [2.24, 2.45) is 0 Å². The van der Waals surface area contributed by atoms with Crippen molar-refractivity contribution in [3.63, 3.8) is 0 Å². The minimum Gasteiger partial charge on any atom is -0.343 e. The second-order valence-electron chi connectivity index (χ2n) is 5.11. The van der Waals surface area contributed by atoms with Crippen LogP contribution in [0.5, 0.6) is 0 Å². The van der Waals surface area contributed by atoms with Crippen LogP contribution in [0.3, 0.4) is 0 Å². The van der Waals surface area contributed by atoms with Gasteiger partial charge in [0.05, 0.1) is 22.7 Å². The molecule has 0 saturated heterocycles. The Hall–Kier alpha value is -2.90. The van der Waals surface area contributed by atoms with Gasteiger partial charge in [-0.05, 0) is 23.8 Å². The fourth-order valence-corrected chi connectivity index (χ4v) is 2.57. The zero-order valence-corrected chi connectivity index (χ0v) is 11.4. The number of nitrogens with one attached hydrogen (secondary N) is 2. The van der Waals surface area contributed by atoms with Gasteiger partial charge in [0.25, 0.3) is 0 Å². The molecule has 0 radical (unpaired) electrons. The Morgan fingerprint density at radius 2 is 1.83 bits per heavy atom. The quantitative estimate of drug-likeness (QED) is 0.515. The first-order valence-corrected chi connectivity index (χ1v) is 6.61. The van der Waals surface area contributed by atoms with Crippen LogP contribution in [0.15, 0.2) is 36.8 Å². The topological polar surface area (TPSA) is 57.4 Å². The second kappa shape index (κ2) is 4.55. The summed E-state index contributed by atoms with van der Waals surface area (Å²) in [5.74, 6) is -0.509. The summed E-state index contributed by atoms with van der Waals surface area (Å²) in [4.78, 5) is 6.70. The van der Waals surface area contributed by atoms with Gasteiger partial charge < -0.3 is 4.98 Å². The SMILES string of the molecule is Fc1c[nH]c2ncc(-c3cc(C(F)(F)F)cc4[nH]ncc34)cc12. The maximum absolute atomic E-state index is 13.7. The number of aromatic amines is 2. The molecule has 0 aliphatic carbocycles. The molecule has 1 aromatic carbocycles. The van der Waals surface area contributed by atoms with Crippen LogP contribution in [-0.4, -0.2) is 20.2 Å². The average molecular weight is 320 g/mol. The molecule has 4 nitrogen and oxygen atoms in total. The van der Waals surface area contributed by atoms with Crippen LogP contribution in [0.1, 0.15) is 5.56 Å². The van der Waals surface area contributed by atoms with Crippen molar-refractivity contribution in [2.45, 2.75) is 6.18 Å². The van der Waals surface area contributed by atoms with Crippen molar-refractivity contribution in [3.05, 3.63) is 48.2 Å². The molecule has 0 aliphatic heterocycles. The normalized spacial score (nSPS) is 12.3. The fourth-order valence-electron chi connectivity index (χ4n) is 2.57. The van der Waals surface area contributed by atoms with Crippen molar-refractivity contribution in [1.29, 1.82) is 0 Å². The molecule has 3 aromatic heterocycles. The fraction of sp³-hybridized carbons (Fsp3) is 0.0667. The lowest BCUT2D eigenvalue weighted by atomic mass is 9.99. The first-order valence-electron chi connectivity index (χ1n) is 6.61. The summed E-state index contributed by atoms with van der Waals surface area (Å²) in [6, 6.07) is 3.48. The molecular formula is C15H8F4N4. The van der Waals surface area contributed by atoms with E-state index in [0.29, 0.717) is 22.2 Å². The largest absolute Gasteiger partial charge is 0.416 e. The number of hydrogen-bond acceptors (Lipinski definition) is 2. The Labute approximate surface area is 126 Å². The summed E-state index contributed by atoms with van der Waals surface area (Å²) in [6.07, 6.45) is -0.505. The van der Waals surface area contributed by atoms with Crippen LogP contribution < -0.4 is 0 Å². The van der Waals surface area contributed by atoms with Crippen LogP contribution in [-0.2, 0) is 6.18 Å². The highest BCUT2D eigenvalue weighted by Gasteiger charge is 2.31. The van der Waals surface area contributed by atoms with Gasteiger partial charge in [0.2, 0.25) is 0 Å². The lowest BCUT2D eigenvalue weighted by molar-refractivity contribution is -0.137. The van der Waals surface area contributed by atoms with Gasteiger partial charge in [0.15, 0.2) is 0 Å². The first-order chi connectivity index (χ1) is 10.9. The predicted molar refractivity (Wildman–Crippen MR) is 76.1 cm³/mol. The average Bonchev–Trinajstić information content (AvgIpc) is 3.12. The smallest absolute Gasteiger partial charge is 0.343 e. The second-order valence-corrected chi connectivity index (χ2v) is 5.11. The molecule has 4 rings (SSSR count). The summed E-state index contributed by atoms with van der Waals surface area (Å²) in [5.41, 5.74) is 0.456. The third-order valence-corrected chi connectivity index (χ3v) is 3.68. The Balaban J connectivity index is 2.02. The van der Waals surface area contributed by atoms with E-state index in [1.54, 1.807) is 0 Å². The molecule has 0 atom stereocenters. The first kappa shape index (κ1) is 13.7. The molecular weight excluding hydrogens is 312 g/mol. The maximum atomic E-state index is 13.7. The Kier molecular flexibility index (Phi) is 2.72. The molecule has 0 amide bonds. The number of H-pyrrole nitrogens is 2. The molecule has 0 saturated carbocycles. The van der Waals surface area contributed by atoms with Crippen LogP contribution in [0.2, 0.25) is 0 Å². The summed E-state index contributed by atoms with van der Waals surface area (Å²) in [7, 11) is 0. The number of hydrogen-bond donors (Lipinski definition) is 2. The number of pyridine rings is 1. The summed E-state index contributed by atoms with van der Waals surface area (Å²) in [5, 5.41) is 7.05. The van der Waals surface area contributed by atoms with Crippen molar-refractivity contribution >= 4 is 21.9 Å². The van der Waals surface area contributed by atoms with Crippen LogP contribution >= 0.6 is 0 Å². The number of rotatable bonds is 1. The third-order valence-electron chi connectivity index (χ3n) is 3.68. The lowest BCUT2D eigenvalue weighted by Gasteiger charge is -2.10. The van der Waals surface area contributed by atoms with Gasteiger partial charge in [0, 0.05) is 23.3 Å². The highest BCUT2D eigenvalue weighted by atomic mass is 19.4. The minimum atomic E-state index is -4.50. The Morgan fingerprint density at radius 3 is 2.61 bits per heavy atom. The molecule has 0 unspecified atom stereocenters. The van der Waals surface area contributed by atoms with Crippen LogP contribution in [0, 0.1) is 5.82 Å². The molecule has 3 heterocycles. The summed E-state index contributed by atoms with van der Waals surface area (Å²) >= 11 is 0. The number of benzene rings is 1. The molecule has 0 spiro atoms. The molecule has 2 N–H and O–H groups in total. The van der Waals surface area contributed by atoms with E-state index in [2.05, 4.69) is 20.2 Å². The zero-order valence-electron chi connectivity index (χ0n) is 11.4. The highest BCUT2D eigenvalue weighted by molar-refractivity contribution is 5.96. The van der Waals surface area contributed by atoms with Gasteiger partial charge in [-0.1, -0.05) is 0 Å². The van der Waals surface area contributed by atoms with E-state index in [4.69, 9.17) is 0 Å². The van der Waals surface area contributed by atoms with Gasteiger partial charge in [-0.25, -0.2) is 9.37 Å². The van der Waals surface area contributed by atoms with Crippen LogP contribution in [0.4, 0.5) is 17.6 Å². The number of halogens is 4. The van der Waals surface area contributed by atoms with E-state index in [1.807, 2.05) is 0 Å². The number of nitrogens with zero attached hydrogens (tertiary/aromatic N) is 2. The van der Waals surface area contributed by atoms with Gasteiger partial charge in [-0.3, -0.25) is 5.10 Å². The molecule has 0 fully saturated rings. The molecule has 23 heavy (non-hydrogen) atoms. The van der Waals surface area contributed by atoms with E-state index < -0.39 is 17.6 Å². The summed E-state index contributed by atoms with van der Waals surface area (Å²) in [6.45, 7) is 0. The molecule has 0 aliphatic rings. The molecule has 116 valence electrons. The monoisotopic (exact) mass is 320 g/mol. The zero-order chi connectivity index (χ0) is 16.2. The minimum absolute atomic E-state index is 0.219. The highest BCUT2D eigenvalue weighted by Crippen LogP contribution is 2.37. The maximum Gasteiger partial charge on any atom is 0.416 e. The van der Waals surface area contributed by atoms with Gasteiger partial charge in [-0.2, -0.15) is 18.3 Å². The van der Waals surface area contributed by atoms with E-state index in [1.165, 1.54) is 18.5 Å². The van der Waals surface area contributed by atoms with Crippen molar-refractivity contribution in [1.82, 2.24) is 20.2 Å². The van der Waals surface area contributed by atoms with E-state index >= 15 is 0 Å². The number of fused-ring (bicyclic) bond motifs is 2. The standard InChI is InChI=1S/C15H8F4N4/c16-12-6-21-14-10(12)1-7(4-20-14)9-2-8(15(17,18)19)3-13-11(9)5-22-23-13/h1-6H,(H,20,21)(H,22,23). The van der Waals surface area contributed by atoms with Gasteiger partial charge in [-0.15, -0.1) is 0 Å². The molecule has 4 aromatic rings. The Morgan fingerprint density at radius 1 is 1.00 bits per heavy atom. The van der Waals surface area contributed by atoms with Crippen molar-refractivity contribution in [2.75, 3.05) is 0 Å². The van der Waals surface area contributed by atoms with Crippen LogP contribution in [0.25, 0.3) is 33.1 Å². The molecule has 8 heteroatoms. The Bertz CT molecular complexity index is 1030.